The lowest BCUT2D eigenvalue weighted by molar-refractivity contribution is 0.0646. The highest BCUT2D eigenvalue weighted by molar-refractivity contribution is 5.68. The monoisotopic (exact) mass is 291 g/mol. The van der Waals surface area contributed by atoms with Crippen LogP contribution in [-0.2, 0) is 0 Å². The summed E-state index contributed by atoms with van der Waals surface area (Å²) in [5, 5.41) is 9.48. The van der Waals surface area contributed by atoms with Crippen molar-refractivity contribution in [1.29, 1.82) is 0 Å². The number of benzene rings is 1. The van der Waals surface area contributed by atoms with Crippen molar-refractivity contribution in [3.63, 3.8) is 0 Å². The fraction of sp³-hybridized carbons (Fsp3) is 0.471. The van der Waals surface area contributed by atoms with Gasteiger partial charge in [0.2, 0.25) is 0 Å². The second kappa shape index (κ2) is 5.51. The number of carboxylic acid groups (broad SMARTS) is 1. The van der Waals surface area contributed by atoms with E-state index < -0.39 is 11.6 Å². The zero-order chi connectivity index (χ0) is 15.7. The third-order valence-electron chi connectivity index (χ3n) is 4.39. The Bertz CT molecular complexity index is 562. The van der Waals surface area contributed by atoms with Crippen LogP contribution in [-0.4, -0.2) is 28.2 Å². The van der Waals surface area contributed by atoms with Gasteiger partial charge in [-0.1, -0.05) is 51.1 Å². The summed E-state index contributed by atoms with van der Waals surface area (Å²) in [6.45, 7) is 6.61. The van der Waals surface area contributed by atoms with Gasteiger partial charge in [-0.25, -0.2) is 9.18 Å². The maximum Gasteiger partial charge on any atom is 0.408 e. The topological polar surface area (TPSA) is 40.5 Å². The molecule has 21 heavy (non-hydrogen) atoms. The molecule has 0 radical (unpaired) electrons. The average Bonchev–Trinajstić information content (AvgIpc) is 2.82. The molecular formula is C17H22FNO2. The van der Waals surface area contributed by atoms with Gasteiger partial charge in [-0.05, 0) is 24.3 Å². The van der Waals surface area contributed by atoms with Crippen LogP contribution in [0.4, 0.5) is 9.18 Å². The Morgan fingerprint density at radius 3 is 2.62 bits per heavy atom. The molecule has 1 aromatic rings. The first-order valence-corrected chi connectivity index (χ1v) is 7.22. The highest BCUT2D eigenvalue weighted by Crippen LogP contribution is 2.45. The maximum atomic E-state index is 13.8. The lowest BCUT2D eigenvalue weighted by Gasteiger charge is -2.45. The molecule has 1 unspecified atom stereocenters. The van der Waals surface area contributed by atoms with E-state index in [0.717, 1.165) is 12.8 Å². The van der Waals surface area contributed by atoms with Crippen molar-refractivity contribution in [2.45, 2.75) is 39.2 Å². The van der Waals surface area contributed by atoms with Gasteiger partial charge in [-0.3, -0.25) is 4.90 Å². The standard InChI is InChI=1S/C17H22FNO2/c1-16(2,3)17(10-6-12-19(17)15(20)21)11-9-13-7-4-5-8-14(13)18/h4-5,7-9,11H,6,10,12H2,1-3H3,(H,20,21). The summed E-state index contributed by atoms with van der Waals surface area (Å²) in [5.41, 5.74) is -0.372. The first-order valence-electron chi connectivity index (χ1n) is 7.22. The Morgan fingerprint density at radius 2 is 2.05 bits per heavy atom. The van der Waals surface area contributed by atoms with Crippen molar-refractivity contribution in [2.24, 2.45) is 5.41 Å². The summed E-state index contributed by atoms with van der Waals surface area (Å²) in [6.07, 6.45) is 4.24. The number of nitrogens with zero attached hydrogens (tertiary/aromatic N) is 1. The normalized spacial score (nSPS) is 23.0. The van der Waals surface area contributed by atoms with Gasteiger partial charge in [-0.2, -0.15) is 0 Å². The summed E-state index contributed by atoms with van der Waals surface area (Å²) >= 11 is 0. The smallest absolute Gasteiger partial charge is 0.408 e. The zero-order valence-electron chi connectivity index (χ0n) is 12.8. The molecule has 1 saturated heterocycles. The fourth-order valence-electron chi connectivity index (χ4n) is 3.15. The van der Waals surface area contributed by atoms with Crippen molar-refractivity contribution in [3.8, 4) is 0 Å². The fourth-order valence-corrected chi connectivity index (χ4v) is 3.15. The molecule has 0 saturated carbocycles. The Hall–Kier alpha value is -1.84. The number of hydrogen-bond donors (Lipinski definition) is 1. The largest absolute Gasteiger partial charge is 0.465 e. The van der Waals surface area contributed by atoms with Gasteiger partial charge in [0.1, 0.15) is 5.82 Å². The molecule has 0 spiro atoms. The molecule has 1 heterocycles. The number of amides is 1. The molecule has 1 atom stereocenters. The predicted molar refractivity (Wildman–Crippen MR) is 81.6 cm³/mol. The molecule has 0 bridgehead atoms. The molecule has 3 nitrogen and oxygen atoms in total. The van der Waals surface area contributed by atoms with E-state index in [0.29, 0.717) is 12.1 Å². The van der Waals surface area contributed by atoms with Gasteiger partial charge in [0.15, 0.2) is 0 Å². The summed E-state index contributed by atoms with van der Waals surface area (Å²) < 4.78 is 13.8. The highest BCUT2D eigenvalue weighted by Gasteiger charge is 2.49. The van der Waals surface area contributed by atoms with Crippen molar-refractivity contribution in [1.82, 2.24) is 4.90 Å². The zero-order valence-corrected chi connectivity index (χ0v) is 12.8. The Kier molecular flexibility index (Phi) is 4.08. The van der Waals surface area contributed by atoms with Crippen LogP contribution >= 0.6 is 0 Å². The summed E-state index contributed by atoms with van der Waals surface area (Å²) in [7, 11) is 0. The SMILES string of the molecule is CC(C)(C)C1(C=Cc2ccccc2F)CCCN1C(=O)O. The van der Waals surface area contributed by atoms with Crippen LogP contribution in [0.1, 0.15) is 39.2 Å². The van der Waals surface area contributed by atoms with E-state index in [1.807, 2.05) is 26.8 Å². The van der Waals surface area contributed by atoms with Crippen LogP contribution in [0, 0.1) is 11.2 Å². The predicted octanol–water partition coefficient (Wildman–Crippen LogP) is 4.40. The van der Waals surface area contributed by atoms with Crippen molar-refractivity contribution in [2.75, 3.05) is 6.54 Å². The van der Waals surface area contributed by atoms with Gasteiger partial charge in [0, 0.05) is 12.1 Å². The minimum atomic E-state index is -0.916. The molecule has 0 aromatic heterocycles. The van der Waals surface area contributed by atoms with Gasteiger partial charge in [-0.15, -0.1) is 0 Å². The average molecular weight is 291 g/mol. The number of carbonyl (C=O) groups is 1. The quantitative estimate of drug-likeness (QED) is 0.877. The first kappa shape index (κ1) is 15.5. The summed E-state index contributed by atoms with van der Waals surface area (Å²) in [5.74, 6) is -0.294. The van der Waals surface area contributed by atoms with Crippen LogP contribution in [0.3, 0.4) is 0 Å². The molecule has 1 fully saturated rings. The second-order valence-electron chi connectivity index (χ2n) is 6.57. The van der Waals surface area contributed by atoms with E-state index in [1.165, 1.54) is 11.0 Å². The second-order valence-corrected chi connectivity index (χ2v) is 6.57. The van der Waals surface area contributed by atoms with E-state index in [-0.39, 0.29) is 11.2 Å². The van der Waals surface area contributed by atoms with Crippen LogP contribution in [0.2, 0.25) is 0 Å². The van der Waals surface area contributed by atoms with E-state index in [2.05, 4.69) is 0 Å². The third-order valence-corrected chi connectivity index (χ3v) is 4.39. The van der Waals surface area contributed by atoms with E-state index in [9.17, 15) is 14.3 Å². The van der Waals surface area contributed by atoms with Crippen molar-refractivity contribution >= 4 is 12.2 Å². The van der Waals surface area contributed by atoms with Crippen LogP contribution in [0.25, 0.3) is 6.08 Å². The molecule has 1 amide bonds. The summed E-state index contributed by atoms with van der Waals surface area (Å²) in [4.78, 5) is 13.1. The van der Waals surface area contributed by atoms with Crippen LogP contribution in [0.15, 0.2) is 30.3 Å². The van der Waals surface area contributed by atoms with E-state index in [1.54, 1.807) is 24.3 Å². The van der Waals surface area contributed by atoms with E-state index >= 15 is 0 Å². The van der Waals surface area contributed by atoms with Crippen LogP contribution in [0.5, 0.6) is 0 Å². The molecule has 1 aromatic carbocycles. The Labute approximate surface area is 125 Å². The van der Waals surface area contributed by atoms with Crippen LogP contribution < -0.4 is 0 Å². The van der Waals surface area contributed by atoms with Gasteiger partial charge < -0.3 is 5.11 Å². The Morgan fingerprint density at radius 1 is 1.38 bits per heavy atom. The van der Waals surface area contributed by atoms with Gasteiger partial charge >= 0.3 is 6.09 Å². The molecule has 1 N–H and O–H groups in total. The molecule has 1 aliphatic rings. The molecule has 0 aliphatic carbocycles. The number of halogens is 1. The van der Waals surface area contributed by atoms with Crippen molar-refractivity contribution in [3.05, 3.63) is 41.7 Å². The molecule has 1 aliphatic heterocycles. The van der Waals surface area contributed by atoms with Gasteiger partial charge in [0.05, 0.1) is 5.54 Å². The maximum absolute atomic E-state index is 13.8. The molecule has 4 heteroatoms. The lowest BCUT2D eigenvalue weighted by atomic mass is 9.71. The summed E-state index contributed by atoms with van der Waals surface area (Å²) in [6, 6.07) is 6.52. The minimum absolute atomic E-state index is 0.260. The third kappa shape index (κ3) is 2.80. The Balaban J connectivity index is 2.43. The highest BCUT2D eigenvalue weighted by atomic mass is 19.1. The first-order chi connectivity index (χ1) is 9.78. The molecule has 114 valence electrons. The lowest BCUT2D eigenvalue weighted by Crippen LogP contribution is -2.53. The number of rotatable bonds is 2. The minimum Gasteiger partial charge on any atom is -0.465 e. The number of likely N-dealkylation sites (tertiary alicyclic amines) is 1. The molecular weight excluding hydrogens is 269 g/mol. The van der Waals surface area contributed by atoms with Gasteiger partial charge in [0.25, 0.3) is 0 Å². The molecule has 2 rings (SSSR count). The van der Waals surface area contributed by atoms with Crippen molar-refractivity contribution < 1.29 is 14.3 Å². The van der Waals surface area contributed by atoms with E-state index in [4.69, 9.17) is 0 Å². The number of hydrogen-bond acceptors (Lipinski definition) is 1.